The third-order valence-electron chi connectivity index (χ3n) is 3.11. The van der Waals surface area contributed by atoms with Crippen LogP contribution in [0.3, 0.4) is 0 Å². The van der Waals surface area contributed by atoms with Gasteiger partial charge in [-0.25, -0.2) is 9.97 Å². The number of nitrogens with two attached hydrogens (primary N) is 2. The third-order valence-corrected chi connectivity index (χ3v) is 3.11. The molecule has 0 radical (unpaired) electrons. The maximum atomic E-state index is 9.18. The lowest BCUT2D eigenvalue weighted by Crippen LogP contribution is -2.21. The number of hydrogen-bond donors (Lipinski definition) is 3. The number of aliphatic hydroxyl groups is 1. The fourth-order valence-electron chi connectivity index (χ4n) is 2.03. The summed E-state index contributed by atoms with van der Waals surface area (Å²) in [5.41, 5.74) is 12.9. The van der Waals surface area contributed by atoms with Crippen molar-refractivity contribution in [2.75, 3.05) is 18.1 Å². The summed E-state index contributed by atoms with van der Waals surface area (Å²) in [5, 5.41) is 9.81. The average molecular weight is 265 g/mol. The predicted octanol–water partition coefficient (Wildman–Crippen LogP) is 0.902. The Kier molecular flexibility index (Phi) is 3.87. The van der Waals surface area contributed by atoms with Gasteiger partial charge < -0.3 is 25.9 Å². The Morgan fingerprint density at radius 1 is 1.42 bits per heavy atom. The molecule has 2 atom stereocenters. The minimum Gasteiger partial charge on any atom is -0.397 e. The van der Waals surface area contributed by atoms with E-state index in [0.717, 1.165) is 6.42 Å². The molecule has 19 heavy (non-hydrogen) atoms. The van der Waals surface area contributed by atoms with Gasteiger partial charge in [0.15, 0.2) is 0 Å². The first-order valence-electron chi connectivity index (χ1n) is 6.21. The van der Waals surface area contributed by atoms with Gasteiger partial charge in [0.2, 0.25) is 0 Å². The lowest BCUT2D eigenvalue weighted by atomic mass is 10.3. The van der Waals surface area contributed by atoms with Gasteiger partial charge in [-0.1, -0.05) is 6.92 Å². The predicted molar refractivity (Wildman–Crippen MR) is 73.3 cm³/mol. The molecular formula is C12H19N5O2. The fraction of sp³-hybridized carbons (Fsp3) is 0.500. The molecule has 0 spiro atoms. The molecule has 104 valence electrons. The van der Waals surface area contributed by atoms with Crippen LogP contribution in [0.15, 0.2) is 12.5 Å². The van der Waals surface area contributed by atoms with Crippen LogP contribution >= 0.6 is 0 Å². The van der Waals surface area contributed by atoms with Crippen LogP contribution in [0.25, 0.3) is 11.0 Å². The van der Waals surface area contributed by atoms with Gasteiger partial charge in [-0.15, -0.1) is 0 Å². The molecule has 0 saturated carbocycles. The number of aliphatic hydroxyl groups excluding tert-OH is 1. The third kappa shape index (κ3) is 2.47. The van der Waals surface area contributed by atoms with Crippen molar-refractivity contribution in [2.24, 2.45) is 0 Å². The van der Waals surface area contributed by atoms with Crippen molar-refractivity contribution in [3.05, 3.63) is 12.5 Å². The number of hydrogen-bond acceptors (Lipinski definition) is 6. The topological polar surface area (TPSA) is 112 Å². The second kappa shape index (κ2) is 5.41. The Hall–Kier alpha value is -1.86. The highest BCUT2D eigenvalue weighted by molar-refractivity contribution is 5.97. The van der Waals surface area contributed by atoms with Crippen molar-refractivity contribution in [3.63, 3.8) is 0 Å². The van der Waals surface area contributed by atoms with Crippen LogP contribution in [0, 0.1) is 0 Å². The fourth-order valence-corrected chi connectivity index (χ4v) is 2.03. The molecule has 7 nitrogen and oxygen atoms in total. The standard InChI is InChI=1S/C12H19N5O2/c1-3-8(5-18)19-7(2)17-4-9(13)10-11(14)15-6-16-12(10)17/h4,6-8,18H,3,5,13H2,1-2H3,(H2,14,15,16)/t7-,8+/m1/s1. The van der Waals surface area contributed by atoms with E-state index in [4.69, 9.17) is 16.2 Å². The van der Waals surface area contributed by atoms with E-state index in [0.29, 0.717) is 22.5 Å². The summed E-state index contributed by atoms with van der Waals surface area (Å²) < 4.78 is 7.54. The molecule has 0 bridgehead atoms. The summed E-state index contributed by atoms with van der Waals surface area (Å²) in [6, 6.07) is 0. The highest BCUT2D eigenvalue weighted by Gasteiger charge is 2.18. The molecule has 7 heteroatoms. The molecule has 0 aliphatic rings. The molecule has 0 amide bonds. The highest BCUT2D eigenvalue weighted by Crippen LogP contribution is 2.29. The van der Waals surface area contributed by atoms with Crippen molar-refractivity contribution >= 4 is 22.5 Å². The zero-order valence-electron chi connectivity index (χ0n) is 11.1. The Bertz CT molecular complexity index is 564. The van der Waals surface area contributed by atoms with Gasteiger partial charge in [-0.3, -0.25) is 0 Å². The first-order chi connectivity index (χ1) is 9.08. The second-order valence-electron chi connectivity index (χ2n) is 4.40. The van der Waals surface area contributed by atoms with Crippen LogP contribution in [0.5, 0.6) is 0 Å². The number of anilines is 2. The SMILES string of the molecule is CC[C@@H](CO)O[C@H](C)n1cc(N)c2c(N)ncnc21. The lowest BCUT2D eigenvalue weighted by molar-refractivity contribution is -0.0644. The van der Waals surface area contributed by atoms with E-state index in [-0.39, 0.29) is 18.9 Å². The maximum Gasteiger partial charge on any atom is 0.149 e. The lowest BCUT2D eigenvalue weighted by Gasteiger charge is -2.21. The van der Waals surface area contributed by atoms with Crippen molar-refractivity contribution in [3.8, 4) is 0 Å². The summed E-state index contributed by atoms with van der Waals surface area (Å²) in [7, 11) is 0. The Balaban J connectivity index is 2.37. The first-order valence-corrected chi connectivity index (χ1v) is 6.21. The Morgan fingerprint density at radius 2 is 2.16 bits per heavy atom. The van der Waals surface area contributed by atoms with E-state index in [2.05, 4.69) is 9.97 Å². The van der Waals surface area contributed by atoms with E-state index >= 15 is 0 Å². The van der Waals surface area contributed by atoms with E-state index in [1.807, 2.05) is 13.8 Å². The van der Waals surface area contributed by atoms with E-state index in [1.165, 1.54) is 6.33 Å². The number of nitrogens with zero attached hydrogens (tertiary/aromatic N) is 3. The molecule has 2 rings (SSSR count). The van der Waals surface area contributed by atoms with Crippen molar-refractivity contribution < 1.29 is 9.84 Å². The minimum atomic E-state index is -0.300. The summed E-state index contributed by atoms with van der Waals surface area (Å²) in [6.45, 7) is 3.80. The quantitative estimate of drug-likeness (QED) is 0.740. The number of ether oxygens (including phenoxy) is 1. The van der Waals surface area contributed by atoms with Crippen LogP contribution in [0.1, 0.15) is 26.5 Å². The normalized spacial score (nSPS) is 14.7. The van der Waals surface area contributed by atoms with Crippen LogP contribution in [0.2, 0.25) is 0 Å². The molecule has 0 saturated heterocycles. The molecule has 2 aromatic heterocycles. The monoisotopic (exact) mass is 265 g/mol. The van der Waals surface area contributed by atoms with Gasteiger partial charge in [-0.2, -0.15) is 0 Å². The van der Waals surface area contributed by atoms with E-state index < -0.39 is 0 Å². The number of rotatable bonds is 5. The summed E-state index contributed by atoms with van der Waals surface area (Å²) >= 11 is 0. The molecule has 0 fully saturated rings. The van der Waals surface area contributed by atoms with Crippen LogP contribution in [-0.2, 0) is 4.74 Å². The van der Waals surface area contributed by atoms with Crippen molar-refractivity contribution in [1.82, 2.24) is 14.5 Å². The van der Waals surface area contributed by atoms with Crippen molar-refractivity contribution in [1.29, 1.82) is 0 Å². The molecule has 0 aromatic carbocycles. The molecule has 2 heterocycles. The maximum absolute atomic E-state index is 9.18. The average Bonchev–Trinajstić information content (AvgIpc) is 2.74. The highest BCUT2D eigenvalue weighted by atomic mass is 16.5. The summed E-state index contributed by atoms with van der Waals surface area (Å²) in [6.07, 6.45) is 3.33. The molecule has 0 aliphatic heterocycles. The Labute approximate surface area is 111 Å². The smallest absolute Gasteiger partial charge is 0.149 e. The number of fused-ring (bicyclic) bond motifs is 1. The van der Waals surface area contributed by atoms with Gasteiger partial charge in [0, 0.05) is 6.20 Å². The van der Waals surface area contributed by atoms with Crippen LogP contribution in [0.4, 0.5) is 11.5 Å². The summed E-state index contributed by atoms with van der Waals surface area (Å²) in [4.78, 5) is 8.12. The van der Waals surface area contributed by atoms with Crippen LogP contribution in [-0.4, -0.2) is 32.4 Å². The second-order valence-corrected chi connectivity index (χ2v) is 4.40. The minimum absolute atomic E-state index is 0.0212. The van der Waals surface area contributed by atoms with E-state index in [1.54, 1.807) is 10.8 Å². The largest absolute Gasteiger partial charge is 0.397 e. The molecule has 2 aromatic rings. The zero-order chi connectivity index (χ0) is 14.0. The first kappa shape index (κ1) is 13.6. The van der Waals surface area contributed by atoms with Gasteiger partial charge in [-0.05, 0) is 13.3 Å². The number of nitrogen functional groups attached to an aromatic ring is 2. The molecule has 0 aliphatic carbocycles. The van der Waals surface area contributed by atoms with Crippen LogP contribution < -0.4 is 11.5 Å². The summed E-state index contributed by atoms with van der Waals surface area (Å²) in [5.74, 6) is 0.350. The van der Waals surface area contributed by atoms with Crippen molar-refractivity contribution in [2.45, 2.75) is 32.6 Å². The number of aromatic nitrogens is 3. The Morgan fingerprint density at radius 3 is 2.79 bits per heavy atom. The van der Waals surface area contributed by atoms with Gasteiger partial charge in [0.05, 0.1) is 23.8 Å². The molecule has 5 N–H and O–H groups in total. The molecular weight excluding hydrogens is 246 g/mol. The molecule has 0 unspecified atom stereocenters. The van der Waals surface area contributed by atoms with Gasteiger partial charge >= 0.3 is 0 Å². The zero-order valence-corrected chi connectivity index (χ0v) is 11.1. The van der Waals surface area contributed by atoms with Gasteiger partial charge in [0.1, 0.15) is 24.0 Å². The van der Waals surface area contributed by atoms with E-state index in [9.17, 15) is 5.11 Å². The van der Waals surface area contributed by atoms with Gasteiger partial charge in [0.25, 0.3) is 0 Å².